The number of piperazine rings is 1. The Labute approximate surface area is 158 Å². The van der Waals surface area contributed by atoms with Gasteiger partial charge in [0.2, 0.25) is 5.75 Å². The molecule has 1 saturated carbocycles. The molecule has 0 bridgehead atoms. The third-order valence-corrected chi connectivity index (χ3v) is 5.93. The topological polar surface area (TPSA) is 34.2 Å². The zero-order valence-electron chi connectivity index (χ0n) is 16.6. The predicted molar refractivity (Wildman–Crippen MR) is 104 cm³/mol. The predicted octanol–water partition coefficient (Wildman–Crippen LogP) is 3.55. The summed E-state index contributed by atoms with van der Waals surface area (Å²) in [5.74, 6) is 2.19. The molecule has 5 nitrogen and oxygen atoms in total. The number of hydrogen-bond donors (Lipinski definition) is 0. The van der Waals surface area contributed by atoms with Crippen molar-refractivity contribution in [2.24, 2.45) is 0 Å². The van der Waals surface area contributed by atoms with E-state index in [1.165, 1.54) is 51.6 Å². The molecule has 0 radical (unpaired) electrons. The van der Waals surface area contributed by atoms with E-state index in [1.807, 2.05) is 6.07 Å². The molecule has 1 aliphatic heterocycles. The molecule has 1 aliphatic carbocycles. The third kappa shape index (κ3) is 4.44. The first-order valence-electron chi connectivity index (χ1n) is 10.0. The lowest BCUT2D eigenvalue weighted by atomic mass is 10.1. The largest absolute Gasteiger partial charge is 0.493 e. The molecule has 1 aromatic rings. The molecule has 1 heterocycles. The normalized spacial score (nSPS) is 20.6. The van der Waals surface area contributed by atoms with Crippen LogP contribution in [0.25, 0.3) is 0 Å². The number of ether oxygens (including phenoxy) is 3. The summed E-state index contributed by atoms with van der Waals surface area (Å²) in [5, 5.41) is 0. The highest BCUT2D eigenvalue weighted by atomic mass is 16.5. The standard InChI is InChI=1S/C21H34N2O3/c1-24-19-11-10-17(20(25-2)21(19)26-3)16-22-12-14-23(15-13-22)18-8-6-4-5-7-9-18/h10-11,18H,4-9,12-16H2,1-3H3. The fourth-order valence-corrected chi connectivity index (χ4v) is 4.44. The highest BCUT2D eigenvalue weighted by Gasteiger charge is 2.25. The van der Waals surface area contributed by atoms with Crippen molar-refractivity contribution < 1.29 is 14.2 Å². The van der Waals surface area contributed by atoms with Crippen LogP contribution >= 0.6 is 0 Å². The van der Waals surface area contributed by atoms with Gasteiger partial charge in [-0.2, -0.15) is 0 Å². The number of nitrogens with zero attached hydrogens (tertiary/aromatic N) is 2. The van der Waals surface area contributed by atoms with Gasteiger partial charge in [-0.05, 0) is 18.9 Å². The van der Waals surface area contributed by atoms with E-state index in [-0.39, 0.29) is 0 Å². The second-order valence-corrected chi connectivity index (χ2v) is 7.45. The maximum atomic E-state index is 5.64. The Morgan fingerprint density at radius 3 is 2.04 bits per heavy atom. The molecule has 2 fully saturated rings. The van der Waals surface area contributed by atoms with Gasteiger partial charge in [0.05, 0.1) is 21.3 Å². The summed E-state index contributed by atoms with van der Waals surface area (Å²) in [5.41, 5.74) is 1.16. The summed E-state index contributed by atoms with van der Waals surface area (Å²) in [4.78, 5) is 5.25. The number of hydrogen-bond acceptors (Lipinski definition) is 5. The van der Waals surface area contributed by atoms with Crippen molar-refractivity contribution >= 4 is 0 Å². The third-order valence-electron chi connectivity index (χ3n) is 5.93. The minimum atomic E-state index is 0.685. The van der Waals surface area contributed by atoms with Gasteiger partial charge in [0.15, 0.2) is 11.5 Å². The average Bonchev–Trinajstić information content (AvgIpc) is 2.97. The van der Waals surface area contributed by atoms with Gasteiger partial charge in [-0.25, -0.2) is 0 Å². The van der Waals surface area contributed by atoms with Crippen LogP contribution in [-0.2, 0) is 6.54 Å². The Bertz CT molecular complexity index is 563. The molecule has 146 valence electrons. The molecule has 1 aromatic carbocycles. The van der Waals surface area contributed by atoms with E-state index in [1.54, 1.807) is 21.3 Å². The van der Waals surface area contributed by atoms with Gasteiger partial charge < -0.3 is 14.2 Å². The van der Waals surface area contributed by atoms with Crippen LogP contribution in [0.5, 0.6) is 17.2 Å². The smallest absolute Gasteiger partial charge is 0.203 e. The van der Waals surface area contributed by atoms with Crippen molar-refractivity contribution in [1.29, 1.82) is 0 Å². The Kier molecular flexibility index (Phi) is 7.03. The fourth-order valence-electron chi connectivity index (χ4n) is 4.44. The molecule has 1 saturated heterocycles. The molecule has 0 amide bonds. The summed E-state index contributed by atoms with van der Waals surface area (Å²) in [6.07, 6.45) is 8.46. The van der Waals surface area contributed by atoms with Crippen LogP contribution in [-0.4, -0.2) is 63.4 Å². The zero-order valence-corrected chi connectivity index (χ0v) is 16.6. The van der Waals surface area contributed by atoms with Gasteiger partial charge in [-0.3, -0.25) is 9.80 Å². The maximum Gasteiger partial charge on any atom is 0.203 e. The molecule has 3 rings (SSSR count). The van der Waals surface area contributed by atoms with Crippen molar-refractivity contribution in [1.82, 2.24) is 9.80 Å². The first-order chi connectivity index (χ1) is 12.8. The Hall–Kier alpha value is -1.46. The SMILES string of the molecule is COc1ccc(CN2CCN(C3CCCCCC3)CC2)c(OC)c1OC. The van der Waals surface area contributed by atoms with Gasteiger partial charge in [-0.1, -0.05) is 31.7 Å². The van der Waals surface area contributed by atoms with E-state index in [4.69, 9.17) is 14.2 Å². The van der Waals surface area contributed by atoms with Crippen molar-refractivity contribution in [2.45, 2.75) is 51.1 Å². The minimum Gasteiger partial charge on any atom is -0.493 e. The Balaban J connectivity index is 1.60. The summed E-state index contributed by atoms with van der Waals surface area (Å²) < 4.78 is 16.5. The minimum absolute atomic E-state index is 0.685. The van der Waals surface area contributed by atoms with Gasteiger partial charge in [0.1, 0.15) is 0 Å². The van der Waals surface area contributed by atoms with Crippen LogP contribution < -0.4 is 14.2 Å². The molecule has 0 aromatic heterocycles. The van der Waals surface area contributed by atoms with Crippen LogP contribution in [0.3, 0.4) is 0 Å². The van der Waals surface area contributed by atoms with Crippen molar-refractivity contribution in [2.75, 3.05) is 47.5 Å². The maximum absolute atomic E-state index is 5.64. The van der Waals surface area contributed by atoms with Crippen molar-refractivity contribution in [3.63, 3.8) is 0 Å². The van der Waals surface area contributed by atoms with Crippen LogP contribution in [0.15, 0.2) is 12.1 Å². The quantitative estimate of drug-likeness (QED) is 0.723. The molecule has 0 N–H and O–H groups in total. The molecular weight excluding hydrogens is 328 g/mol. The van der Waals surface area contributed by atoms with E-state index >= 15 is 0 Å². The van der Waals surface area contributed by atoms with Crippen molar-refractivity contribution in [3.8, 4) is 17.2 Å². The fraction of sp³-hybridized carbons (Fsp3) is 0.714. The van der Waals surface area contributed by atoms with Gasteiger partial charge in [0.25, 0.3) is 0 Å². The van der Waals surface area contributed by atoms with E-state index in [0.717, 1.165) is 37.0 Å². The summed E-state index contributed by atoms with van der Waals surface area (Å²) in [6, 6.07) is 4.88. The second kappa shape index (κ2) is 9.47. The van der Waals surface area contributed by atoms with Gasteiger partial charge in [0, 0.05) is 44.3 Å². The summed E-state index contributed by atoms with van der Waals surface area (Å²) >= 11 is 0. The van der Waals surface area contributed by atoms with Gasteiger partial charge in [-0.15, -0.1) is 0 Å². The molecule has 5 heteroatoms. The number of benzene rings is 1. The molecule has 0 atom stereocenters. The molecule has 0 unspecified atom stereocenters. The lowest BCUT2D eigenvalue weighted by molar-refractivity contribution is 0.0846. The first-order valence-corrected chi connectivity index (χ1v) is 10.0. The Morgan fingerprint density at radius 1 is 0.808 bits per heavy atom. The molecule has 2 aliphatic rings. The second-order valence-electron chi connectivity index (χ2n) is 7.45. The highest BCUT2D eigenvalue weighted by molar-refractivity contribution is 5.55. The lowest BCUT2D eigenvalue weighted by Crippen LogP contribution is -2.49. The van der Waals surface area contributed by atoms with Crippen LogP contribution in [0.1, 0.15) is 44.1 Å². The lowest BCUT2D eigenvalue weighted by Gasteiger charge is -2.39. The summed E-state index contributed by atoms with van der Waals surface area (Å²) in [6.45, 7) is 5.49. The van der Waals surface area contributed by atoms with E-state index < -0.39 is 0 Å². The summed E-state index contributed by atoms with van der Waals surface area (Å²) in [7, 11) is 5.02. The van der Waals surface area contributed by atoms with Crippen LogP contribution in [0, 0.1) is 0 Å². The van der Waals surface area contributed by atoms with Crippen molar-refractivity contribution in [3.05, 3.63) is 17.7 Å². The number of rotatable bonds is 6. The molecular formula is C21H34N2O3. The molecule has 26 heavy (non-hydrogen) atoms. The van der Waals surface area contributed by atoms with Crippen LogP contribution in [0.2, 0.25) is 0 Å². The Morgan fingerprint density at radius 2 is 1.46 bits per heavy atom. The monoisotopic (exact) mass is 362 g/mol. The van der Waals surface area contributed by atoms with E-state index in [9.17, 15) is 0 Å². The van der Waals surface area contributed by atoms with Gasteiger partial charge >= 0.3 is 0 Å². The average molecular weight is 363 g/mol. The van der Waals surface area contributed by atoms with E-state index in [2.05, 4.69) is 15.9 Å². The zero-order chi connectivity index (χ0) is 18.4. The van der Waals surface area contributed by atoms with E-state index in [0.29, 0.717) is 11.5 Å². The van der Waals surface area contributed by atoms with Crippen LogP contribution in [0.4, 0.5) is 0 Å². The molecule has 0 spiro atoms. The first kappa shape index (κ1) is 19.3. The number of methoxy groups -OCH3 is 3. The highest BCUT2D eigenvalue weighted by Crippen LogP contribution is 2.40.